The minimum atomic E-state index is -0.0998. The molecule has 0 unspecified atom stereocenters. The van der Waals surface area contributed by atoms with Crippen LogP contribution in [0, 0.1) is 0 Å². The summed E-state index contributed by atoms with van der Waals surface area (Å²) in [4.78, 5) is 9.73. The maximum absolute atomic E-state index is 6.98. The second kappa shape index (κ2) is 14.7. The van der Waals surface area contributed by atoms with Gasteiger partial charge in [-0.15, -0.1) is 0 Å². The van der Waals surface area contributed by atoms with Crippen molar-refractivity contribution in [3.05, 3.63) is 162 Å². The van der Waals surface area contributed by atoms with Crippen molar-refractivity contribution < 1.29 is 4.74 Å². The molecule has 9 rings (SSSR count). The predicted octanol–water partition coefficient (Wildman–Crippen LogP) is 14.9. The highest BCUT2D eigenvalue weighted by molar-refractivity contribution is 6.20. The van der Waals surface area contributed by atoms with Crippen LogP contribution < -0.4 is 14.5 Å². The SMILES string of the molecule is CC(C)(C)c1cc(Oc2ccc3c(c2)n(-c2cc(C(C)(C)C)ccn2)c2c4ccccc4n(-c4ccccc4)c32)cc(N2C=CN(c3cc(C(C)(C)C)cc(C(C)(C)C)c3)C2)c1. The van der Waals surface area contributed by atoms with E-state index in [0.29, 0.717) is 6.67 Å². The minimum absolute atomic E-state index is 0.0376. The fourth-order valence-electron chi connectivity index (χ4n) is 8.64. The monoisotopic (exact) mass is 819 g/mol. The van der Waals surface area contributed by atoms with Gasteiger partial charge in [-0.3, -0.25) is 4.57 Å². The molecule has 0 amide bonds. The van der Waals surface area contributed by atoms with E-state index in [2.05, 4.69) is 236 Å². The van der Waals surface area contributed by atoms with E-state index < -0.39 is 0 Å². The van der Waals surface area contributed by atoms with Crippen molar-refractivity contribution in [3.63, 3.8) is 0 Å². The zero-order chi connectivity index (χ0) is 43.9. The van der Waals surface area contributed by atoms with Gasteiger partial charge in [0.05, 0.1) is 28.7 Å². The lowest BCUT2D eigenvalue weighted by Gasteiger charge is -2.29. The fourth-order valence-corrected chi connectivity index (χ4v) is 8.64. The van der Waals surface area contributed by atoms with Gasteiger partial charge in [0, 0.05) is 58.6 Å². The summed E-state index contributed by atoms with van der Waals surface area (Å²) in [5.41, 5.74) is 13.0. The zero-order valence-electron chi connectivity index (χ0n) is 38.6. The van der Waals surface area contributed by atoms with E-state index in [-0.39, 0.29) is 21.7 Å². The summed E-state index contributed by atoms with van der Waals surface area (Å²) in [6, 6.07) is 44.1. The molecular weight excluding hydrogens is 759 g/mol. The van der Waals surface area contributed by atoms with Gasteiger partial charge in [0.25, 0.3) is 0 Å². The summed E-state index contributed by atoms with van der Waals surface area (Å²) in [5, 5.41) is 2.30. The van der Waals surface area contributed by atoms with Crippen LogP contribution in [0.5, 0.6) is 11.5 Å². The van der Waals surface area contributed by atoms with Crippen LogP contribution in [0.3, 0.4) is 0 Å². The molecular formula is C56H61N5O. The number of hydrogen-bond donors (Lipinski definition) is 0. The predicted molar refractivity (Wildman–Crippen MR) is 262 cm³/mol. The lowest BCUT2D eigenvalue weighted by atomic mass is 9.80. The molecule has 0 aliphatic carbocycles. The van der Waals surface area contributed by atoms with Gasteiger partial charge in [-0.2, -0.15) is 0 Å². The topological polar surface area (TPSA) is 38.5 Å². The highest BCUT2D eigenvalue weighted by Gasteiger charge is 2.27. The van der Waals surface area contributed by atoms with Gasteiger partial charge < -0.3 is 19.1 Å². The Morgan fingerprint density at radius 2 is 0.984 bits per heavy atom. The first-order valence-electron chi connectivity index (χ1n) is 22.1. The number of benzene rings is 5. The Balaban J connectivity index is 1.16. The van der Waals surface area contributed by atoms with Gasteiger partial charge in [0.1, 0.15) is 17.3 Å². The van der Waals surface area contributed by atoms with E-state index in [4.69, 9.17) is 9.72 Å². The van der Waals surface area contributed by atoms with Crippen LogP contribution in [0.1, 0.15) is 105 Å². The molecule has 0 spiro atoms. The highest BCUT2D eigenvalue weighted by Crippen LogP contribution is 2.43. The quantitative estimate of drug-likeness (QED) is 0.167. The van der Waals surface area contributed by atoms with E-state index >= 15 is 0 Å². The van der Waals surface area contributed by atoms with Crippen LogP contribution in [0.15, 0.2) is 140 Å². The number of rotatable bonds is 6. The summed E-state index contributed by atoms with van der Waals surface area (Å²) in [6.07, 6.45) is 6.35. The van der Waals surface area contributed by atoms with Crippen LogP contribution in [-0.4, -0.2) is 20.8 Å². The van der Waals surface area contributed by atoms with Crippen molar-refractivity contribution in [1.82, 2.24) is 14.1 Å². The lowest BCUT2D eigenvalue weighted by Crippen LogP contribution is -2.26. The first-order chi connectivity index (χ1) is 29.2. The summed E-state index contributed by atoms with van der Waals surface area (Å²) >= 11 is 0. The average Bonchev–Trinajstić information content (AvgIpc) is 3.93. The molecule has 3 aromatic heterocycles. The second-order valence-electron chi connectivity index (χ2n) is 21.3. The Morgan fingerprint density at radius 1 is 0.435 bits per heavy atom. The maximum Gasteiger partial charge on any atom is 0.137 e. The number of aromatic nitrogens is 3. The molecule has 1 aliphatic rings. The number of anilines is 2. The number of nitrogens with zero attached hydrogens (tertiary/aromatic N) is 5. The third kappa shape index (κ3) is 7.54. The van der Waals surface area contributed by atoms with Gasteiger partial charge >= 0.3 is 0 Å². The molecule has 0 fully saturated rings. The molecule has 0 saturated heterocycles. The average molecular weight is 820 g/mol. The Kier molecular flexibility index (Phi) is 9.73. The molecule has 0 bridgehead atoms. The Hall–Kier alpha value is -6.27. The molecule has 0 N–H and O–H groups in total. The second-order valence-corrected chi connectivity index (χ2v) is 21.3. The number of para-hydroxylation sites is 2. The minimum Gasteiger partial charge on any atom is -0.457 e. The van der Waals surface area contributed by atoms with Crippen molar-refractivity contribution in [2.75, 3.05) is 16.5 Å². The largest absolute Gasteiger partial charge is 0.457 e. The van der Waals surface area contributed by atoms with Crippen molar-refractivity contribution in [3.8, 4) is 23.0 Å². The smallest absolute Gasteiger partial charge is 0.137 e. The standard InChI is InChI=1S/C56H61N5O/c1-53(2,3)37-24-25-57-50(33-37)61-49-35-44(22-23-47(49)51-52(61)46-20-16-17-21-48(46)60(51)41-18-14-13-15-19-41)62-45-32-40(56(10,11)12)31-43(34-45)59-27-26-58(36-59)42-29-38(54(4,5)6)28-39(30-42)55(7,8)9/h13-35H,36H2,1-12H3. The molecule has 8 aromatic rings. The van der Waals surface area contributed by atoms with Crippen LogP contribution in [-0.2, 0) is 21.7 Å². The summed E-state index contributed by atoms with van der Waals surface area (Å²) in [6.45, 7) is 28.1. The van der Waals surface area contributed by atoms with E-state index in [1.54, 1.807) is 0 Å². The normalized spacial score (nSPS) is 13.9. The lowest BCUT2D eigenvalue weighted by molar-refractivity contribution is 0.479. The molecule has 0 radical (unpaired) electrons. The summed E-state index contributed by atoms with van der Waals surface area (Å²) < 4.78 is 11.7. The highest BCUT2D eigenvalue weighted by atomic mass is 16.5. The molecule has 316 valence electrons. The molecule has 6 nitrogen and oxygen atoms in total. The van der Waals surface area contributed by atoms with E-state index in [1.807, 2.05) is 6.20 Å². The van der Waals surface area contributed by atoms with Gasteiger partial charge in [0.15, 0.2) is 0 Å². The van der Waals surface area contributed by atoms with Gasteiger partial charge in [-0.05, 0) is 111 Å². The van der Waals surface area contributed by atoms with Crippen LogP contribution in [0.4, 0.5) is 11.4 Å². The molecule has 6 heteroatoms. The third-order valence-electron chi connectivity index (χ3n) is 12.4. The van der Waals surface area contributed by atoms with Gasteiger partial charge in [-0.25, -0.2) is 4.98 Å². The van der Waals surface area contributed by atoms with Crippen molar-refractivity contribution in [1.29, 1.82) is 0 Å². The summed E-state index contributed by atoms with van der Waals surface area (Å²) in [7, 11) is 0. The van der Waals surface area contributed by atoms with Crippen LogP contribution >= 0.6 is 0 Å². The number of fused-ring (bicyclic) bond motifs is 5. The molecule has 0 atom stereocenters. The van der Waals surface area contributed by atoms with Crippen molar-refractivity contribution in [2.24, 2.45) is 0 Å². The molecule has 0 saturated carbocycles. The van der Waals surface area contributed by atoms with Crippen LogP contribution in [0.25, 0.3) is 44.3 Å². The molecule has 1 aliphatic heterocycles. The van der Waals surface area contributed by atoms with E-state index in [9.17, 15) is 0 Å². The van der Waals surface area contributed by atoms with Gasteiger partial charge in [-0.1, -0.05) is 126 Å². The number of hydrogen-bond acceptors (Lipinski definition) is 4. The zero-order valence-corrected chi connectivity index (χ0v) is 38.6. The molecule has 4 heterocycles. The van der Waals surface area contributed by atoms with E-state index in [1.165, 1.54) is 33.3 Å². The first kappa shape index (κ1) is 41.1. The Labute approximate surface area is 368 Å². The number of pyridine rings is 1. The van der Waals surface area contributed by atoms with E-state index in [0.717, 1.165) is 56.1 Å². The maximum atomic E-state index is 6.98. The first-order valence-corrected chi connectivity index (χ1v) is 22.1. The Morgan fingerprint density at radius 3 is 1.61 bits per heavy atom. The van der Waals surface area contributed by atoms with Crippen LogP contribution in [0.2, 0.25) is 0 Å². The fraction of sp³-hybridized carbons (Fsp3) is 0.304. The van der Waals surface area contributed by atoms with Gasteiger partial charge in [0.2, 0.25) is 0 Å². The number of ether oxygens (including phenoxy) is 1. The molecule has 5 aromatic carbocycles. The van der Waals surface area contributed by atoms with Crippen molar-refractivity contribution >= 4 is 44.2 Å². The van der Waals surface area contributed by atoms with Crippen molar-refractivity contribution in [2.45, 2.75) is 105 Å². The third-order valence-corrected chi connectivity index (χ3v) is 12.4. The Bertz CT molecular complexity index is 2980. The molecule has 62 heavy (non-hydrogen) atoms. The summed E-state index contributed by atoms with van der Waals surface area (Å²) in [5.74, 6) is 2.46.